The van der Waals surface area contributed by atoms with Gasteiger partial charge in [-0.2, -0.15) is 17.4 Å². The number of nitrogen functional groups attached to an aromatic ring is 1. The predicted molar refractivity (Wildman–Crippen MR) is 76.6 cm³/mol. The number of nitrogens with one attached hydrogen (secondary N) is 1. The number of nitrogens with two attached hydrogens (primary N) is 1. The van der Waals surface area contributed by atoms with Gasteiger partial charge in [0, 0.05) is 25.3 Å². The maximum Gasteiger partial charge on any atom is 0.279 e. The van der Waals surface area contributed by atoms with Gasteiger partial charge in [-0.25, -0.2) is 0 Å². The van der Waals surface area contributed by atoms with Gasteiger partial charge in [0.25, 0.3) is 10.2 Å². The van der Waals surface area contributed by atoms with Crippen LogP contribution in [0.15, 0.2) is 24.3 Å². The summed E-state index contributed by atoms with van der Waals surface area (Å²) in [6, 6.07) is 7.24. The summed E-state index contributed by atoms with van der Waals surface area (Å²) >= 11 is 0. The van der Waals surface area contributed by atoms with Gasteiger partial charge in [0.1, 0.15) is 0 Å². The van der Waals surface area contributed by atoms with Crippen LogP contribution in [0.4, 0.5) is 5.69 Å². The van der Waals surface area contributed by atoms with E-state index in [1.165, 1.54) is 4.31 Å². The first kappa shape index (κ1) is 14.3. The van der Waals surface area contributed by atoms with Crippen LogP contribution in [-0.2, 0) is 16.8 Å². The van der Waals surface area contributed by atoms with Gasteiger partial charge in [-0.3, -0.25) is 0 Å². The van der Waals surface area contributed by atoms with Crippen molar-refractivity contribution in [3.8, 4) is 0 Å². The number of piperidine rings is 1. The molecule has 1 aromatic rings. The Kier molecular flexibility index (Phi) is 4.44. The molecule has 1 unspecified atom stereocenters. The third kappa shape index (κ3) is 3.92. The first-order valence-electron chi connectivity index (χ1n) is 6.56. The van der Waals surface area contributed by atoms with Crippen LogP contribution in [0, 0.1) is 5.92 Å². The van der Waals surface area contributed by atoms with Crippen LogP contribution >= 0.6 is 0 Å². The topological polar surface area (TPSA) is 75.4 Å². The molecule has 0 saturated carbocycles. The number of hydrogen-bond acceptors (Lipinski definition) is 3. The van der Waals surface area contributed by atoms with Crippen molar-refractivity contribution in [2.24, 2.45) is 5.92 Å². The molecule has 0 spiro atoms. The fourth-order valence-corrected chi connectivity index (χ4v) is 3.69. The van der Waals surface area contributed by atoms with Gasteiger partial charge in [0.05, 0.1) is 0 Å². The largest absolute Gasteiger partial charge is 0.399 e. The van der Waals surface area contributed by atoms with E-state index in [0.717, 1.165) is 18.4 Å². The maximum atomic E-state index is 12.2. The highest BCUT2D eigenvalue weighted by atomic mass is 32.2. The van der Waals surface area contributed by atoms with E-state index < -0.39 is 10.2 Å². The molecule has 0 radical (unpaired) electrons. The SMILES string of the molecule is CC1CCCN(S(=O)(=O)NCc2cccc(N)c2)C1. The molecule has 1 heterocycles. The van der Waals surface area contributed by atoms with Gasteiger partial charge in [-0.15, -0.1) is 0 Å². The Morgan fingerprint density at radius 3 is 2.95 bits per heavy atom. The molecule has 0 amide bonds. The summed E-state index contributed by atoms with van der Waals surface area (Å²) in [4.78, 5) is 0. The molecular formula is C13H21N3O2S. The van der Waals surface area contributed by atoms with Gasteiger partial charge in [-0.1, -0.05) is 19.1 Å². The summed E-state index contributed by atoms with van der Waals surface area (Å²) in [6.45, 7) is 3.57. The summed E-state index contributed by atoms with van der Waals surface area (Å²) in [5, 5.41) is 0. The van der Waals surface area contributed by atoms with E-state index in [1.54, 1.807) is 12.1 Å². The Morgan fingerprint density at radius 2 is 2.26 bits per heavy atom. The van der Waals surface area contributed by atoms with E-state index in [4.69, 9.17) is 5.73 Å². The van der Waals surface area contributed by atoms with Crippen LogP contribution < -0.4 is 10.5 Å². The van der Waals surface area contributed by atoms with Crippen LogP contribution in [0.5, 0.6) is 0 Å². The van der Waals surface area contributed by atoms with E-state index >= 15 is 0 Å². The zero-order valence-corrected chi connectivity index (χ0v) is 12.0. The fraction of sp³-hybridized carbons (Fsp3) is 0.538. The van der Waals surface area contributed by atoms with Gasteiger partial charge in [0.2, 0.25) is 0 Å². The van der Waals surface area contributed by atoms with Gasteiger partial charge >= 0.3 is 0 Å². The van der Waals surface area contributed by atoms with Crippen molar-refractivity contribution in [3.05, 3.63) is 29.8 Å². The van der Waals surface area contributed by atoms with E-state index in [9.17, 15) is 8.42 Å². The Labute approximate surface area is 115 Å². The molecule has 19 heavy (non-hydrogen) atoms. The van der Waals surface area contributed by atoms with E-state index in [1.807, 2.05) is 12.1 Å². The zero-order chi connectivity index (χ0) is 13.9. The molecule has 1 saturated heterocycles. The van der Waals surface area contributed by atoms with Crippen molar-refractivity contribution < 1.29 is 8.42 Å². The molecule has 2 rings (SSSR count). The molecule has 0 aromatic heterocycles. The number of hydrogen-bond donors (Lipinski definition) is 2. The van der Waals surface area contributed by atoms with Crippen LogP contribution in [0.1, 0.15) is 25.3 Å². The molecule has 1 atom stereocenters. The fourth-order valence-electron chi connectivity index (χ4n) is 2.33. The lowest BCUT2D eigenvalue weighted by Crippen LogP contribution is -2.45. The summed E-state index contributed by atoms with van der Waals surface area (Å²) in [5.74, 6) is 0.428. The van der Waals surface area contributed by atoms with Crippen LogP contribution in [-0.4, -0.2) is 25.8 Å². The summed E-state index contributed by atoms with van der Waals surface area (Å²) in [5.41, 5.74) is 7.18. The highest BCUT2D eigenvalue weighted by molar-refractivity contribution is 7.87. The smallest absolute Gasteiger partial charge is 0.279 e. The molecule has 0 aliphatic carbocycles. The Hall–Kier alpha value is -1.11. The molecule has 1 fully saturated rings. The minimum atomic E-state index is -3.38. The number of nitrogens with zero attached hydrogens (tertiary/aromatic N) is 1. The lowest BCUT2D eigenvalue weighted by Gasteiger charge is -2.30. The lowest BCUT2D eigenvalue weighted by atomic mass is 10.0. The number of rotatable bonds is 4. The number of benzene rings is 1. The van der Waals surface area contributed by atoms with Crippen molar-refractivity contribution >= 4 is 15.9 Å². The third-order valence-corrected chi connectivity index (χ3v) is 4.89. The van der Waals surface area contributed by atoms with E-state index in [2.05, 4.69) is 11.6 Å². The monoisotopic (exact) mass is 283 g/mol. The molecule has 3 N–H and O–H groups in total. The Bertz CT molecular complexity index is 530. The zero-order valence-electron chi connectivity index (χ0n) is 11.2. The van der Waals surface area contributed by atoms with Crippen molar-refractivity contribution in [1.29, 1.82) is 0 Å². The molecule has 0 bridgehead atoms. The molecule has 6 heteroatoms. The second-order valence-corrected chi connectivity index (χ2v) is 6.93. The van der Waals surface area contributed by atoms with Crippen LogP contribution in [0.25, 0.3) is 0 Å². The highest BCUT2D eigenvalue weighted by Gasteiger charge is 2.26. The lowest BCUT2D eigenvalue weighted by molar-refractivity contribution is 0.278. The molecule has 1 aromatic carbocycles. The Morgan fingerprint density at radius 1 is 1.47 bits per heavy atom. The average molecular weight is 283 g/mol. The molecule has 106 valence electrons. The van der Waals surface area contributed by atoms with Crippen LogP contribution in [0.3, 0.4) is 0 Å². The van der Waals surface area contributed by atoms with Crippen molar-refractivity contribution in [3.63, 3.8) is 0 Å². The molecule has 1 aliphatic rings. The van der Waals surface area contributed by atoms with Crippen molar-refractivity contribution in [2.75, 3.05) is 18.8 Å². The quantitative estimate of drug-likeness (QED) is 0.819. The summed E-state index contributed by atoms with van der Waals surface area (Å²) < 4.78 is 28.5. The standard InChI is InChI=1S/C13H21N3O2S/c1-11-4-3-7-16(10-11)19(17,18)15-9-12-5-2-6-13(14)8-12/h2,5-6,8,11,15H,3-4,7,9-10,14H2,1H3. The maximum absolute atomic E-state index is 12.2. The second-order valence-electron chi connectivity index (χ2n) is 5.18. The first-order chi connectivity index (χ1) is 8.97. The van der Waals surface area contributed by atoms with Gasteiger partial charge in [0.15, 0.2) is 0 Å². The third-order valence-electron chi connectivity index (χ3n) is 3.37. The first-order valence-corrected chi connectivity index (χ1v) is 8.00. The minimum Gasteiger partial charge on any atom is -0.399 e. The minimum absolute atomic E-state index is 0.276. The molecular weight excluding hydrogens is 262 g/mol. The van der Waals surface area contributed by atoms with Crippen LogP contribution in [0.2, 0.25) is 0 Å². The normalized spacial score (nSPS) is 21.4. The van der Waals surface area contributed by atoms with Crippen molar-refractivity contribution in [2.45, 2.75) is 26.3 Å². The second kappa shape index (κ2) is 5.90. The number of anilines is 1. The highest BCUT2D eigenvalue weighted by Crippen LogP contribution is 2.18. The average Bonchev–Trinajstić information content (AvgIpc) is 2.37. The van der Waals surface area contributed by atoms with E-state index in [-0.39, 0.29) is 6.54 Å². The van der Waals surface area contributed by atoms with Gasteiger partial charge in [-0.05, 0) is 36.5 Å². The molecule has 1 aliphatic heterocycles. The van der Waals surface area contributed by atoms with Gasteiger partial charge < -0.3 is 5.73 Å². The summed E-state index contributed by atoms with van der Waals surface area (Å²) in [7, 11) is -3.38. The van der Waals surface area contributed by atoms with Crippen molar-refractivity contribution in [1.82, 2.24) is 9.03 Å². The predicted octanol–water partition coefficient (Wildman–Crippen LogP) is 1.34. The summed E-state index contributed by atoms with van der Waals surface area (Å²) in [6.07, 6.45) is 2.03. The van der Waals surface area contributed by atoms with E-state index in [0.29, 0.717) is 24.7 Å². The Balaban J connectivity index is 1.97. The molecule has 5 nitrogen and oxygen atoms in total.